The number of benzene rings is 1. The van der Waals surface area contributed by atoms with Crippen LogP contribution in [-0.4, -0.2) is 8.32 Å². The van der Waals surface area contributed by atoms with Crippen LogP contribution in [0.3, 0.4) is 0 Å². The largest absolute Gasteiger partial charge is 0.544 e. The number of rotatable bonds is 2. The Morgan fingerprint density at radius 1 is 1.23 bits per heavy atom. The topological polar surface area (TPSA) is 9.23 Å². The van der Waals surface area contributed by atoms with Crippen LogP contribution < -0.4 is 4.43 Å². The molecule has 0 radical (unpaired) electrons. The summed E-state index contributed by atoms with van der Waals surface area (Å²) >= 11 is 3.44. The summed E-state index contributed by atoms with van der Waals surface area (Å²) < 4.78 is 7.00. The van der Waals surface area contributed by atoms with Gasteiger partial charge in [0.1, 0.15) is 5.75 Å². The highest BCUT2D eigenvalue weighted by molar-refractivity contribution is 9.10. The van der Waals surface area contributed by atoms with Crippen LogP contribution >= 0.6 is 15.9 Å². The summed E-state index contributed by atoms with van der Waals surface area (Å²) in [6.07, 6.45) is 0. The van der Waals surface area contributed by atoms with Gasteiger partial charge in [-0.3, -0.25) is 0 Å². The minimum Gasteiger partial charge on any atom is -0.544 e. The molecule has 0 bridgehead atoms. The van der Waals surface area contributed by atoms with Gasteiger partial charge in [-0.15, -0.1) is 0 Å². The van der Waals surface area contributed by atoms with E-state index in [4.69, 9.17) is 4.43 Å². The zero-order chi connectivity index (χ0) is 10.1. The van der Waals surface area contributed by atoms with Crippen LogP contribution in [0.5, 0.6) is 5.75 Å². The summed E-state index contributed by atoms with van der Waals surface area (Å²) in [5.74, 6) is 1.01. The van der Waals surface area contributed by atoms with Gasteiger partial charge in [0.25, 0.3) is 0 Å². The molecule has 0 saturated carbocycles. The van der Waals surface area contributed by atoms with Crippen molar-refractivity contribution >= 4 is 24.2 Å². The first-order valence-corrected chi connectivity index (χ1v) is 8.54. The van der Waals surface area contributed by atoms with E-state index in [2.05, 4.69) is 48.6 Å². The zero-order valence-electron chi connectivity index (χ0n) is 8.52. The Kier molecular flexibility index (Phi) is 3.19. The average Bonchev–Trinajstić information content (AvgIpc) is 1.94. The molecule has 0 unspecified atom stereocenters. The molecular weight excluding hydrogens is 244 g/mol. The van der Waals surface area contributed by atoms with Crippen molar-refractivity contribution < 1.29 is 4.43 Å². The first-order valence-electron chi connectivity index (χ1n) is 4.34. The zero-order valence-corrected chi connectivity index (χ0v) is 11.1. The van der Waals surface area contributed by atoms with E-state index in [1.165, 1.54) is 5.56 Å². The minimum absolute atomic E-state index is 1.01. The first-order chi connectivity index (χ1) is 5.88. The molecule has 0 spiro atoms. The van der Waals surface area contributed by atoms with Gasteiger partial charge in [0.15, 0.2) is 0 Å². The highest BCUT2D eigenvalue weighted by atomic mass is 79.9. The summed E-state index contributed by atoms with van der Waals surface area (Å²) in [7, 11) is -1.47. The Labute approximate surface area is 89.4 Å². The third-order valence-electron chi connectivity index (χ3n) is 1.57. The molecule has 1 nitrogen and oxygen atoms in total. The lowest BCUT2D eigenvalue weighted by molar-refractivity contribution is 0.552. The maximum absolute atomic E-state index is 5.92. The van der Waals surface area contributed by atoms with Crippen LogP contribution in [0.15, 0.2) is 22.7 Å². The molecule has 0 atom stereocenters. The Bertz CT molecular complexity index is 304. The summed E-state index contributed by atoms with van der Waals surface area (Å²) in [4.78, 5) is 0. The van der Waals surface area contributed by atoms with Crippen LogP contribution in [0.2, 0.25) is 19.6 Å². The van der Waals surface area contributed by atoms with Gasteiger partial charge in [0.2, 0.25) is 8.32 Å². The molecule has 0 aromatic heterocycles. The van der Waals surface area contributed by atoms with E-state index < -0.39 is 8.32 Å². The molecule has 0 amide bonds. The van der Waals surface area contributed by atoms with Gasteiger partial charge in [-0.25, -0.2) is 0 Å². The molecule has 0 heterocycles. The third-order valence-corrected chi connectivity index (χ3v) is 2.89. The molecule has 1 rings (SSSR count). The fraction of sp³-hybridized carbons (Fsp3) is 0.400. The van der Waals surface area contributed by atoms with Crippen molar-refractivity contribution in [3.05, 3.63) is 28.2 Å². The highest BCUT2D eigenvalue weighted by Crippen LogP contribution is 2.25. The van der Waals surface area contributed by atoms with Gasteiger partial charge in [-0.05, 0) is 44.3 Å². The van der Waals surface area contributed by atoms with Gasteiger partial charge in [-0.1, -0.05) is 22.0 Å². The predicted octanol–water partition coefficient (Wildman–Crippen LogP) is 3.97. The second-order valence-corrected chi connectivity index (χ2v) is 9.47. The monoisotopic (exact) mass is 258 g/mol. The summed E-state index contributed by atoms with van der Waals surface area (Å²) in [5, 5.41) is 0. The maximum Gasteiger partial charge on any atom is 0.242 e. The smallest absolute Gasteiger partial charge is 0.242 e. The lowest BCUT2D eigenvalue weighted by Crippen LogP contribution is -2.29. The number of aryl methyl sites for hydroxylation is 1. The Hall–Kier alpha value is -0.283. The van der Waals surface area contributed by atoms with Crippen molar-refractivity contribution in [2.24, 2.45) is 0 Å². The SMILES string of the molecule is Cc1ccc(Br)cc1O[Si](C)(C)C. The molecular formula is C10H15BrOSi. The van der Waals surface area contributed by atoms with Crippen LogP contribution in [0.4, 0.5) is 0 Å². The van der Waals surface area contributed by atoms with Gasteiger partial charge < -0.3 is 4.43 Å². The fourth-order valence-corrected chi connectivity index (χ4v) is 2.23. The van der Waals surface area contributed by atoms with E-state index in [-0.39, 0.29) is 0 Å². The van der Waals surface area contributed by atoms with E-state index in [1.807, 2.05) is 12.1 Å². The molecule has 13 heavy (non-hydrogen) atoms. The van der Waals surface area contributed by atoms with Crippen molar-refractivity contribution in [2.45, 2.75) is 26.6 Å². The summed E-state index contributed by atoms with van der Waals surface area (Å²) in [5.41, 5.74) is 1.20. The molecule has 0 fully saturated rings. The lowest BCUT2D eigenvalue weighted by Gasteiger charge is -2.20. The summed E-state index contributed by atoms with van der Waals surface area (Å²) in [6.45, 7) is 8.63. The normalized spacial score (nSPS) is 11.5. The second-order valence-electron chi connectivity index (χ2n) is 4.12. The molecule has 0 N–H and O–H groups in total. The number of hydrogen-bond donors (Lipinski definition) is 0. The fourth-order valence-electron chi connectivity index (χ4n) is 1.01. The Balaban J connectivity index is 2.94. The average molecular weight is 259 g/mol. The second kappa shape index (κ2) is 3.84. The van der Waals surface area contributed by atoms with E-state index in [0.717, 1.165) is 10.2 Å². The van der Waals surface area contributed by atoms with E-state index in [0.29, 0.717) is 0 Å². The van der Waals surface area contributed by atoms with Crippen molar-refractivity contribution in [1.29, 1.82) is 0 Å². The maximum atomic E-state index is 5.92. The molecule has 1 aromatic rings. The van der Waals surface area contributed by atoms with Crippen LogP contribution in [0.1, 0.15) is 5.56 Å². The number of hydrogen-bond acceptors (Lipinski definition) is 1. The molecule has 3 heteroatoms. The van der Waals surface area contributed by atoms with E-state index in [9.17, 15) is 0 Å². The van der Waals surface area contributed by atoms with Gasteiger partial charge >= 0.3 is 0 Å². The molecule has 0 aliphatic heterocycles. The van der Waals surface area contributed by atoms with Gasteiger partial charge in [-0.2, -0.15) is 0 Å². The van der Waals surface area contributed by atoms with Crippen molar-refractivity contribution in [3.63, 3.8) is 0 Å². The Morgan fingerprint density at radius 2 is 1.85 bits per heavy atom. The molecule has 0 aliphatic rings. The predicted molar refractivity (Wildman–Crippen MR) is 62.9 cm³/mol. The van der Waals surface area contributed by atoms with Gasteiger partial charge in [0, 0.05) is 4.47 Å². The first kappa shape index (κ1) is 10.8. The van der Waals surface area contributed by atoms with E-state index >= 15 is 0 Å². The summed E-state index contributed by atoms with van der Waals surface area (Å²) in [6, 6.07) is 6.14. The number of halogens is 1. The lowest BCUT2D eigenvalue weighted by atomic mass is 10.2. The van der Waals surface area contributed by atoms with Crippen LogP contribution in [0.25, 0.3) is 0 Å². The molecule has 0 aliphatic carbocycles. The van der Waals surface area contributed by atoms with Crippen molar-refractivity contribution in [2.75, 3.05) is 0 Å². The third kappa shape index (κ3) is 3.52. The quantitative estimate of drug-likeness (QED) is 0.730. The molecule has 0 saturated heterocycles. The van der Waals surface area contributed by atoms with Crippen molar-refractivity contribution in [3.8, 4) is 5.75 Å². The minimum atomic E-state index is -1.47. The highest BCUT2D eigenvalue weighted by Gasteiger charge is 2.17. The van der Waals surface area contributed by atoms with Crippen LogP contribution in [0, 0.1) is 6.92 Å². The molecule has 1 aromatic carbocycles. The molecule has 72 valence electrons. The van der Waals surface area contributed by atoms with Gasteiger partial charge in [0.05, 0.1) is 0 Å². The Morgan fingerprint density at radius 3 is 2.38 bits per heavy atom. The standard InChI is InChI=1S/C10H15BrOSi/c1-8-5-6-9(11)7-10(8)12-13(2,3)4/h5-7H,1-4H3. The van der Waals surface area contributed by atoms with Crippen molar-refractivity contribution in [1.82, 2.24) is 0 Å². The van der Waals surface area contributed by atoms with Crippen LogP contribution in [-0.2, 0) is 0 Å². The van der Waals surface area contributed by atoms with E-state index in [1.54, 1.807) is 0 Å².